The van der Waals surface area contributed by atoms with E-state index in [9.17, 15) is 14.4 Å². The average molecular weight is 433 g/mol. The monoisotopic (exact) mass is 432 g/mol. The average Bonchev–Trinajstić information content (AvgIpc) is 2.77. The Morgan fingerprint density at radius 1 is 1.10 bits per heavy atom. The molecule has 0 aromatic carbocycles. The van der Waals surface area contributed by atoms with E-state index < -0.39 is 0 Å². The molecular weight excluding hydrogens is 392 g/mol. The number of nitrogens with zero attached hydrogens (tertiary/aromatic N) is 1. The second-order valence-corrected chi connectivity index (χ2v) is 8.52. The highest BCUT2D eigenvalue weighted by molar-refractivity contribution is 5.94. The summed E-state index contributed by atoms with van der Waals surface area (Å²) in [6, 6.07) is 1.50. The first-order valence-corrected chi connectivity index (χ1v) is 12.2. The summed E-state index contributed by atoms with van der Waals surface area (Å²) >= 11 is 0. The van der Waals surface area contributed by atoms with Crippen molar-refractivity contribution < 1.29 is 14.3 Å². The van der Waals surface area contributed by atoms with Crippen molar-refractivity contribution in [2.24, 2.45) is 5.92 Å². The Kier molecular flexibility index (Phi) is 10.3. The number of esters is 1. The maximum atomic E-state index is 13.3. The molecule has 31 heavy (non-hydrogen) atoms. The third kappa shape index (κ3) is 6.44. The molecule has 1 heterocycles. The zero-order chi connectivity index (χ0) is 22.8. The van der Waals surface area contributed by atoms with E-state index in [2.05, 4.69) is 26.1 Å². The van der Waals surface area contributed by atoms with Gasteiger partial charge in [0.25, 0.3) is 11.5 Å². The lowest BCUT2D eigenvalue weighted by molar-refractivity contribution is -0.150. The summed E-state index contributed by atoms with van der Waals surface area (Å²) in [7, 11) is 0. The van der Waals surface area contributed by atoms with Gasteiger partial charge in [0.1, 0.15) is 5.56 Å². The molecule has 1 aromatic heterocycles. The number of aromatic nitrogens is 1. The Labute approximate surface area is 186 Å². The van der Waals surface area contributed by atoms with Crippen molar-refractivity contribution in [1.82, 2.24) is 9.88 Å². The van der Waals surface area contributed by atoms with Gasteiger partial charge in [-0.2, -0.15) is 0 Å². The van der Waals surface area contributed by atoms with Crippen LogP contribution in [0.1, 0.15) is 101 Å². The fraction of sp³-hybridized carbons (Fsp3) is 0.720. The molecule has 0 saturated heterocycles. The molecule has 1 amide bonds. The molecule has 0 bridgehead atoms. The number of ether oxygens (including phenoxy) is 1. The maximum Gasteiger partial charge on any atom is 0.311 e. The first-order valence-electron chi connectivity index (χ1n) is 12.2. The molecule has 1 aliphatic carbocycles. The summed E-state index contributed by atoms with van der Waals surface area (Å²) in [6.45, 7) is 9.08. The van der Waals surface area contributed by atoms with Crippen LogP contribution < -0.4 is 10.9 Å². The zero-order valence-electron chi connectivity index (χ0n) is 19.8. The van der Waals surface area contributed by atoms with Gasteiger partial charge in [-0.25, -0.2) is 0 Å². The molecular formula is C25H40N2O4. The minimum absolute atomic E-state index is 0.196. The Balaban J connectivity index is 2.36. The van der Waals surface area contributed by atoms with Crippen LogP contribution in [-0.4, -0.2) is 29.1 Å². The number of hydrogen-bond acceptors (Lipinski definition) is 4. The van der Waals surface area contributed by atoms with Crippen LogP contribution >= 0.6 is 0 Å². The van der Waals surface area contributed by atoms with Crippen LogP contribution in [0.15, 0.2) is 10.9 Å². The zero-order valence-corrected chi connectivity index (χ0v) is 19.8. The molecule has 0 radical (unpaired) electrons. The fourth-order valence-corrected chi connectivity index (χ4v) is 4.50. The molecule has 1 aromatic rings. The number of hydrogen-bond donors (Lipinski definition) is 1. The van der Waals surface area contributed by atoms with E-state index in [4.69, 9.17) is 4.74 Å². The summed E-state index contributed by atoms with van der Waals surface area (Å²) in [5, 5.41) is 3.01. The van der Waals surface area contributed by atoms with Gasteiger partial charge in [0.2, 0.25) is 0 Å². The minimum Gasteiger partial charge on any atom is -0.466 e. The lowest BCUT2D eigenvalue weighted by Crippen LogP contribution is -2.47. The van der Waals surface area contributed by atoms with Crippen molar-refractivity contribution in [3.63, 3.8) is 0 Å². The Morgan fingerprint density at radius 2 is 1.81 bits per heavy atom. The van der Waals surface area contributed by atoms with Crippen molar-refractivity contribution in [3.8, 4) is 0 Å². The van der Waals surface area contributed by atoms with Crippen molar-refractivity contribution in [3.05, 3.63) is 33.2 Å². The Bertz CT molecular complexity index is 799. The summed E-state index contributed by atoms with van der Waals surface area (Å²) in [4.78, 5) is 38.9. The van der Waals surface area contributed by atoms with Gasteiger partial charge < -0.3 is 14.6 Å². The normalized spacial score (nSPS) is 18.6. The third-order valence-electron chi connectivity index (χ3n) is 6.29. The first-order chi connectivity index (χ1) is 15.0. The van der Waals surface area contributed by atoms with E-state index >= 15 is 0 Å². The van der Waals surface area contributed by atoms with E-state index in [-0.39, 0.29) is 35.0 Å². The second kappa shape index (κ2) is 12.7. The lowest BCUT2D eigenvalue weighted by atomic mass is 9.84. The number of pyridine rings is 1. The van der Waals surface area contributed by atoms with Crippen LogP contribution in [0.3, 0.4) is 0 Å². The van der Waals surface area contributed by atoms with Gasteiger partial charge >= 0.3 is 5.97 Å². The van der Waals surface area contributed by atoms with Gasteiger partial charge in [-0.1, -0.05) is 46.5 Å². The number of carbonyl (C=O) groups is 2. The van der Waals surface area contributed by atoms with Crippen LogP contribution in [0, 0.1) is 5.92 Å². The predicted molar refractivity (Wildman–Crippen MR) is 123 cm³/mol. The molecule has 2 rings (SSSR count). The topological polar surface area (TPSA) is 77.4 Å². The van der Waals surface area contributed by atoms with Gasteiger partial charge in [-0.15, -0.1) is 0 Å². The molecule has 0 aliphatic heterocycles. The fourth-order valence-electron chi connectivity index (χ4n) is 4.50. The SMILES string of the molecule is CCCCc1c(CC)cc(C(=O)NC2CCCCC2C(=O)OCC)c(=O)n1CCCC. The van der Waals surface area contributed by atoms with Gasteiger partial charge in [0, 0.05) is 18.3 Å². The van der Waals surface area contributed by atoms with Gasteiger partial charge in [0.15, 0.2) is 0 Å². The van der Waals surface area contributed by atoms with Crippen molar-refractivity contribution in [2.75, 3.05) is 6.61 Å². The minimum atomic E-state index is -0.367. The van der Waals surface area contributed by atoms with Crippen LogP contribution in [-0.2, 0) is 28.9 Å². The lowest BCUT2D eigenvalue weighted by Gasteiger charge is -2.30. The molecule has 6 nitrogen and oxygen atoms in total. The number of rotatable bonds is 11. The molecule has 0 spiro atoms. The number of nitrogens with one attached hydrogen (secondary N) is 1. The van der Waals surface area contributed by atoms with Crippen LogP contribution in [0.2, 0.25) is 0 Å². The number of carbonyl (C=O) groups excluding carboxylic acids is 2. The molecule has 6 heteroatoms. The van der Waals surface area contributed by atoms with Crippen molar-refractivity contribution in [1.29, 1.82) is 0 Å². The van der Waals surface area contributed by atoms with E-state index in [1.807, 2.05) is 4.57 Å². The Hall–Kier alpha value is -2.11. The standard InChI is InChI=1S/C25H40N2O4/c1-5-9-15-22-18(7-3)17-20(24(29)27(22)16-10-6-2)23(28)26-21-14-12-11-13-19(21)25(30)31-8-4/h17,19,21H,5-16H2,1-4H3,(H,26,28). The highest BCUT2D eigenvalue weighted by atomic mass is 16.5. The van der Waals surface area contributed by atoms with Crippen molar-refractivity contribution >= 4 is 11.9 Å². The second-order valence-electron chi connectivity index (χ2n) is 8.52. The van der Waals surface area contributed by atoms with Crippen LogP contribution in [0.4, 0.5) is 0 Å². The van der Waals surface area contributed by atoms with Gasteiger partial charge in [-0.3, -0.25) is 14.4 Å². The maximum absolute atomic E-state index is 13.3. The van der Waals surface area contributed by atoms with E-state index in [0.717, 1.165) is 69.0 Å². The third-order valence-corrected chi connectivity index (χ3v) is 6.29. The van der Waals surface area contributed by atoms with Crippen LogP contribution in [0.5, 0.6) is 0 Å². The molecule has 1 saturated carbocycles. The summed E-state index contributed by atoms with van der Waals surface area (Å²) in [6.07, 6.45) is 8.95. The predicted octanol–water partition coefficient (Wildman–Crippen LogP) is 4.41. The van der Waals surface area contributed by atoms with E-state index in [1.165, 1.54) is 0 Å². The molecule has 1 aliphatic rings. The van der Waals surface area contributed by atoms with Crippen LogP contribution in [0.25, 0.3) is 0 Å². The van der Waals surface area contributed by atoms with E-state index in [1.54, 1.807) is 13.0 Å². The summed E-state index contributed by atoms with van der Waals surface area (Å²) in [5.74, 6) is -0.959. The smallest absolute Gasteiger partial charge is 0.311 e. The largest absolute Gasteiger partial charge is 0.466 e. The highest BCUT2D eigenvalue weighted by Crippen LogP contribution is 2.26. The van der Waals surface area contributed by atoms with Crippen molar-refractivity contribution in [2.45, 2.75) is 104 Å². The van der Waals surface area contributed by atoms with Gasteiger partial charge in [-0.05, 0) is 57.1 Å². The molecule has 2 unspecified atom stereocenters. The quantitative estimate of drug-likeness (QED) is 0.526. The van der Waals surface area contributed by atoms with Gasteiger partial charge in [0.05, 0.1) is 12.5 Å². The summed E-state index contributed by atoms with van der Waals surface area (Å²) in [5.41, 5.74) is 2.13. The number of aryl methyl sites for hydroxylation is 1. The molecule has 174 valence electrons. The highest BCUT2D eigenvalue weighted by Gasteiger charge is 2.34. The first kappa shape index (κ1) is 25.2. The molecule has 2 atom stereocenters. The summed E-state index contributed by atoms with van der Waals surface area (Å²) < 4.78 is 7.05. The number of amides is 1. The molecule has 1 N–H and O–H groups in total. The number of unbranched alkanes of at least 4 members (excludes halogenated alkanes) is 2. The Morgan fingerprint density at radius 3 is 2.45 bits per heavy atom. The molecule has 1 fully saturated rings. The van der Waals surface area contributed by atoms with E-state index in [0.29, 0.717) is 19.6 Å².